The van der Waals surface area contributed by atoms with Crippen molar-refractivity contribution in [3.8, 4) is 135 Å². The van der Waals surface area contributed by atoms with Gasteiger partial charge in [0.05, 0.1) is 66.9 Å². The summed E-state index contributed by atoms with van der Waals surface area (Å²) >= 11 is 0. The Kier molecular flexibility index (Phi) is 18.1. The molecule has 18 aromatic carbocycles. The van der Waals surface area contributed by atoms with Crippen LogP contribution in [0.1, 0.15) is 0 Å². The van der Waals surface area contributed by atoms with Crippen LogP contribution in [0, 0.1) is 0 Å². The molecule has 8 heteroatoms. The lowest BCUT2D eigenvalue weighted by Crippen LogP contribution is -1.96. The van der Waals surface area contributed by atoms with Crippen LogP contribution in [-0.2, 0) is 0 Å². The second-order valence-electron chi connectivity index (χ2n) is 31.6. The van der Waals surface area contributed by atoms with Gasteiger partial charge in [0.15, 0.2) is 11.6 Å². The Balaban J connectivity index is 0.000000143. The lowest BCUT2D eigenvalue weighted by atomic mass is 9.97. The molecule has 0 fully saturated rings. The van der Waals surface area contributed by atoms with Gasteiger partial charge in [-0.3, -0.25) is 0 Å². The van der Waals surface area contributed by atoms with Crippen molar-refractivity contribution >= 4 is 87.2 Å². The first-order valence-electron chi connectivity index (χ1n) is 42.1. The lowest BCUT2D eigenvalue weighted by Gasteiger charge is -2.12. The average molecular weight is 1580 g/mol. The van der Waals surface area contributed by atoms with E-state index in [1.807, 2.05) is 48.5 Å². The molecular formula is C116H76N8. The highest BCUT2D eigenvalue weighted by molar-refractivity contribution is 6.18. The maximum atomic E-state index is 5.09. The highest BCUT2D eigenvalue weighted by atomic mass is 15.0. The first kappa shape index (κ1) is 72.5. The van der Waals surface area contributed by atoms with Gasteiger partial charge in [0.2, 0.25) is 0 Å². The molecule has 0 saturated carbocycles. The summed E-state index contributed by atoms with van der Waals surface area (Å²) < 4.78 is 9.59. The number of hydrogen-bond donors (Lipinski definition) is 0. The predicted molar refractivity (Wildman–Crippen MR) is 516 cm³/mol. The minimum atomic E-state index is 0.712. The van der Waals surface area contributed by atoms with Crippen LogP contribution in [0.2, 0.25) is 0 Å². The number of benzene rings is 18. The summed E-state index contributed by atoms with van der Waals surface area (Å²) in [5, 5.41) is 9.90. The van der Waals surface area contributed by atoms with Crippen molar-refractivity contribution in [2.24, 2.45) is 0 Å². The van der Waals surface area contributed by atoms with E-state index in [9.17, 15) is 0 Å². The number of hydrogen-bond acceptors (Lipinski definition) is 4. The summed E-state index contributed by atoms with van der Waals surface area (Å²) in [6.45, 7) is 0. The van der Waals surface area contributed by atoms with Crippen LogP contribution in [0.3, 0.4) is 0 Å². The monoisotopic (exact) mass is 1580 g/mol. The van der Waals surface area contributed by atoms with Gasteiger partial charge in [-0.1, -0.05) is 346 Å². The Morgan fingerprint density at radius 2 is 0.403 bits per heavy atom. The molecule has 124 heavy (non-hydrogen) atoms. The zero-order valence-electron chi connectivity index (χ0n) is 67.5. The minimum Gasteiger partial charge on any atom is -0.309 e. The van der Waals surface area contributed by atoms with E-state index in [0.29, 0.717) is 11.6 Å². The molecule has 8 nitrogen and oxygen atoms in total. The van der Waals surface area contributed by atoms with E-state index in [-0.39, 0.29) is 0 Å². The SMILES string of the molecule is c1ccc(-c2cc(-c3ccc(-c4cccc5c4c4ccccc4n5-c4cccc(-c5ccc6c(c5)c5ccccc5n6-c5ccccc5)c4)cc3)nc(-c3ccccc3)n2)cc1.c1ccc(-c2cc(-c3ccc(-c4cccc5c4c4ccccc4n5-c4cccc(-c5ccc6c7ccccc7n(-c7ccccc7)c6c5)c4)cc3)nc(-c3ccccc3)n2)cc1. The predicted octanol–water partition coefficient (Wildman–Crippen LogP) is 30.0. The van der Waals surface area contributed by atoms with Crippen LogP contribution in [-0.4, -0.2) is 38.2 Å². The van der Waals surface area contributed by atoms with Crippen LogP contribution < -0.4 is 0 Å². The molecule has 0 saturated heterocycles. The van der Waals surface area contributed by atoms with Crippen molar-refractivity contribution in [2.75, 3.05) is 0 Å². The molecule has 24 rings (SSSR count). The number of fused-ring (bicyclic) bond motifs is 12. The van der Waals surface area contributed by atoms with Crippen molar-refractivity contribution in [3.05, 3.63) is 461 Å². The molecule has 0 amide bonds. The lowest BCUT2D eigenvalue weighted by molar-refractivity contribution is 1.18. The molecule has 6 aromatic heterocycles. The molecule has 0 bridgehead atoms. The molecule has 0 unspecified atom stereocenters. The van der Waals surface area contributed by atoms with E-state index >= 15 is 0 Å². The van der Waals surface area contributed by atoms with Crippen LogP contribution in [0.5, 0.6) is 0 Å². The third kappa shape index (κ3) is 13.0. The summed E-state index contributed by atoms with van der Waals surface area (Å²) in [5.74, 6) is 1.42. The summed E-state index contributed by atoms with van der Waals surface area (Å²) in [5.41, 5.74) is 33.2. The Labute approximate surface area is 716 Å². The fraction of sp³-hybridized carbons (Fsp3) is 0. The quantitative estimate of drug-likeness (QED) is 0.109. The zero-order chi connectivity index (χ0) is 82.0. The summed E-state index contributed by atoms with van der Waals surface area (Å²) in [6.07, 6.45) is 0. The van der Waals surface area contributed by atoms with E-state index < -0.39 is 0 Å². The van der Waals surface area contributed by atoms with Crippen LogP contribution in [0.15, 0.2) is 461 Å². The second-order valence-corrected chi connectivity index (χ2v) is 31.6. The molecule has 24 aromatic rings. The second kappa shape index (κ2) is 30.9. The minimum absolute atomic E-state index is 0.712. The third-order valence-electron chi connectivity index (χ3n) is 24.3. The fourth-order valence-corrected chi connectivity index (χ4v) is 18.5. The van der Waals surface area contributed by atoms with Gasteiger partial charge in [-0.05, 0) is 160 Å². The van der Waals surface area contributed by atoms with E-state index in [1.165, 1.54) is 121 Å². The fourth-order valence-electron chi connectivity index (χ4n) is 18.5. The third-order valence-corrected chi connectivity index (χ3v) is 24.3. The number of rotatable bonds is 14. The highest BCUT2D eigenvalue weighted by Gasteiger charge is 2.23. The summed E-state index contributed by atoms with van der Waals surface area (Å²) in [4.78, 5) is 20.2. The first-order valence-corrected chi connectivity index (χ1v) is 42.1. The molecule has 0 spiro atoms. The van der Waals surface area contributed by atoms with Gasteiger partial charge in [-0.25, -0.2) is 19.9 Å². The molecule has 0 N–H and O–H groups in total. The molecule has 580 valence electrons. The van der Waals surface area contributed by atoms with Crippen LogP contribution in [0.4, 0.5) is 0 Å². The van der Waals surface area contributed by atoms with Crippen LogP contribution >= 0.6 is 0 Å². The maximum absolute atomic E-state index is 5.09. The largest absolute Gasteiger partial charge is 0.309 e. The molecule has 0 aliphatic heterocycles. The van der Waals surface area contributed by atoms with Crippen molar-refractivity contribution in [3.63, 3.8) is 0 Å². The Bertz CT molecular complexity index is 8060. The van der Waals surface area contributed by atoms with Gasteiger partial charge in [0.25, 0.3) is 0 Å². The van der Waals surface area contributed by atoms with E-state index in [2.05, 4.69) is 431 Å². The standard InChI is InChI=1S/2C58H38N4/c1-4-16-40(17-5-1)51-38-52(60-58(59-51)42-18-6-2-7-19-42)41-32-30-39(31-33-41)47-26-15-29-55-57(47)50-25-11-13-28-54(50)62(55)46-23-14-20-43(36-46)44-34-35-49-48-24-10-12-27-53(48)61(56(49)37-44)45-21-8-3-9-22-45;1-4-16-40(17-5-1)51-38-52(60-58(59-51)42-18-6-2-7-19-42)41-32-30-39(31-33-41)47-26-15-29-56-57(47)49-25-11-13-28-54(49)62(56)46-23-14-20-43(36-46)44-34-35-55-50(37-44)48-24-10-12-27-53(48)61(55)45-21-8-3-9-22-45/h2*1-38H. The van der Waals surface area contributed by atoms with Crippen molar-refractivity contribution in [1.29, 1.82) is 0 Å². The van der Waals surface area contributed by atoms with Gasteiger partial charge < -0.3 is 18.3 Å². The average Bonchev–Trinajstić information content (AvgIpc) is 1.59. The normalized spacial score (nSPS) is 11.5. The summed E-state index contributed by atoms with van der Waals surface area (Å²) in [7, 11) is 0. The first-order chi connectivity index (χ1) is 61.5. The van der Waals surface area contributed by atoms with E-state index in [0.717, 1.165) is 90.0 Å². The van der Waals surface area contributed by atoms with Crippen LogP contribution in [0.25, 0.3) is 222 Å². The number of para-hydroxylation sites is 6. The van der Waals surface area contributed by atoms with Gasteiger partial charge in [0.1, 0.15) is 0 Å². The molecular weight excluding hydrogens is 1510 g/mol. The van der Waals surface area contributed by atoms with E-state index in [4.69, 9.17) is 19.9 Å². The molecule has 0 atom stereocenters. The topological polar surface area (TPSA) is 71.3 Å². The van der Waals surface area contributed by atoms with Gasteiger partial charge in [-0.15, -0.1) is 0 Å². The Hall–Kier alpha value is -16.7. The van der Waals surface area contributed by atoms with Crippen molar-refractivity contribution in [2.45, 2.75) is 0 Å². The van der Waals surface area contributed by atoms with E-state index in [1.54, 1.807) is 0 Å². The zero-order valence-corrected chi connectivity index (χ0v) is 67.5. The molecule has 0 aliphatic rings. The Morgan fingerprint density at radius 1 is 0.137 bits per heavy atom. The Morgan fingerprint density at radius 3 is 0.839 bits per heavy atom. The van der Waals surface area contributed by atoms with Crippen molar-refractivity contribution in [1.82, 2.24) is 38.2 Å². The van der Waals surface area contributed by atoms with Gasteiger partial charge in [-0.2, -0.15) is 0 Å². The molecule has 0 radical (unpaired) electrons. The maximum Gasteiger partial charge on any atom is 0.160 e. The highest BCUT2D eigenvalue weighted by Crippen LogP contribution is 2.45. The van der Waals surface area contributed by atoms with Gasteiger partial charge in [0, 0.05) is 99.2 Å². The number of aromatic nitrogens is 8. The smallest absolute Gasteiger partial charge is 0.160 e. The molecule has 6 heterocycles. The summed E-state index contributed by atoms with van der Waals surface area (Å²) in [6, 6.07) is 164. The van der Waals surface area contributed by atoms with Gasteiger partial charge >= 0.3 is 0 Å². The van der Waals surface area contributed by atoms with Crippen molar-refractivity contribution < 1.29 is 0 Å². The number of nitrogens with zero attached hydrogens (tertiary/aromatic N) is 8. The molecule has 0 aliphatic carbocycles.